The molecule has 0 heterocycles. The van der Waals surface area contributed by atoms with E-state index in [0.29, 0.717) is 0 Å². The Morgan fingerprint density at radius 3 is 2.45 bits per heavy atom. The molecule has 0 bridgehead atoms. The molecule has 0 aromatic carbocycles. The van der Waals surface area contributed by atoms with Gasteiger partial charge in [0.25, 0.3) is 0 Å². The quantitative estimate of drug-likeness (QED) is 0.582. The highest BCUT2D eigenvalue weighted by Crippen LogP contribution is 2.57. The van der Waals surface area contributed by atoms with Crippen molar-refractivity contribution in [1.29, 1.82) is 0 Å². The van der Waals surface area contributed by atoms with Crippen LogP contribution in [0.2, 0.25) is 0 Å². The van der Waals surface area contributed by atoms with Gasteiger partial charge in [-0.1, -0.05) is 0 Å². The third-order valence-corrected chi connectivity index (χ3v) is 3.39. The van der Waals surface area contributed by atoms with Gasteiger partial charge in [0.1, 0.15) is 0 Å². The molecule has 62 valence electrons. The standard InChI is InChI=1S/C8H13NO2/c9-6-1-2-8(6)3-5(4-8)7(10)11/h5-6H,1-4,9H2,(H,10,11)/t5?,6-,8?/m1/s1. The lowest BCUT2D eigenvalue weighted by atomic mass is 9.49. The highest BCUT2D eigenvalue weighted by molar-refractivity contribution is 5.71. The van der Waals surface area contributed by atoms with Gasteiger partial charge < -0.3 is 10.8 Å². The van der Waals surface area contributed by atoms with Crippen molar-refractivity contribution in [3.63, 3.8) is 0 Å². The highest BCUT2D eigenvalue weighted by atomic mass is 16.4. The van der Waals surface area contributed by atoms with Gasteiger partial charge in [0.2, 0.25) is 0 Å². The molecule has 0 saturated heterocycles. The van der Waals surface area contributed by atoms with Crippen molar-refractivity contribution in [2.75, 3.05) is 0 Å². The number of rotatable bonds is 1. The predicted molar refractivity (Wildman–Crippen MR) is 40.0 cm³/mol. The second-order valence-electron chi connectivity index (χ2n) is 3.95. The smallest absolute Gasteiger partial charge is 0.306 e. The minimum absolute atomic E-state index is 0.0960. The third-order valence-electron chi connectivity index (χ3n) is 3.39. The van der Waals surface area contributed by atoms with Crippen LogP contribution in [0.15, 0.2) is 0 Å². The third kappa shape index (κ3) is 0.805. The van der Waals surface area contributed by atoms with Gasteiger partial charge in [-0.15, -0.1) is 0 Å². The summed E-state index contributed by atoms with van der Waals surface area (Å²) in [7, 11) is 0. The fraction of sp³-hybridized carbons (Fsp3) is 0.875. The van der Waals surface area contributed by atoms with Crippen molar-refractivity contribution >= 4 is 5.97 Å². The van der Waals surface area contributed by atoms with E-state index in [-0.39, 0.29) is 17.4 Å². The fourth-order valence-electron chi connectivity index (χ4n) is 2.32. The molecule has 0 aliphatic heterocycles. The molecule has 3 N–H and O–H groups in total. The second kappa shape index (κ2) is 1.97. The van der Waals surface area contributed by atoms with Crippen LogP contribution in [0.4, 0.5) is 0 Å². The molecule has 0 aromatic heterocycles. The average Bonchev–Trinajstić information content (AvgIpc) is 1.81. The summed E-state index contributed by atoms with van der Waals surface area (Å²) in [4.78, 5) is 10.5. The van der Waals surface area contributed by atoms with E-state index in [1.165, 1.54) is 0 Å². The highest BCUT2D eigenvalue weighted by Gasteiger charge is 2.55. The first kappa shape index (κ1) is 7.10. The molecule has 0 aromatic rings. The molecule has 2 rings (SSSR count). The molecular formula is C8H13NO2. The lowest BCUT2D eigenvalue weighted by molar-refractivity contribution is -0.155. The molecule has 2 fully saturated rings. The molecule has 11 heavy (non-hydrogen) atoms. The summed E-state index contributed by atoms with van der Waals surface area (Å²) in [6.07, 6.45) is 3.89. The maximum atomic E-state index is 10.5. The minimum atomic E-state index is -0.644. The zero-order valence-electron chi connectivity index (χ0n) is 6.42. The van der Waals surface area contributed by atoms with Gasteiger partial charge in [-0.2, -0.15) is 0 Å². The molecule has 2 aliphatic carbocycles. The van der Waals surface area contributed by atoms with Crippen LogP contribution >= 0.6 is 0 Å². The second-order valence-corrected chi connectivity index (χ2v) is 3.95. The Morgan fingerprint density at radius 2 is 2.18 bits per heavy atom. The number of nitrogens with two attached hydrogens (primary N) is 1. The predicted octanol–water partition coefficient (Wildman–Crippen LogP) is 0.588. The Morgan fingerprint density at radius 1 is 1.55 bits per heavy atom. The van der Waals surface area contributed by atoms with E-state index >= 15 is 0 Å². The Labute approximate surface area is 65.6 Å². The Bertz CT molecular complexity index is 196. The number of carboxylic acids is 1. The van der Waals surface area contributed by atoms with Crippen LogP contribution in [0, 0.1) is 11.3 Å². The number of carboxylic acid groups (broad SMARTS) is 1. The fourth-order valence-corrected chi connectivity index (χ4v) is 2.32. The van der Waals surface area contributed by atoms with Crippen LogP contribution < -0.4 is 5.73 Å². The van der Waals surface area contributed by atoms with Gasteiger partial charge in [-0.3, -0.25) is 4.79 Å². The first-order valence-electron chi connectivity index (χ1n) is 4.12. The minimum Gasteiger partial charge on any atom is -0.481 e. The normalized spacial score (nSPS) is 48.1. The summed E-state index contributed by atoms with van der Waals surface area (Å²) in [5.41, 5.74) is 6.04. The lowest BCUT2D eigenvalue weighted by Crippen LogP contribution is -2.59. The van der Waals surface area contributed by atoms with E-state index in [1.807, 2.05) is 0 Å². The van der Waals surface area contributed by atoms with Crippen LogP contribution in [-0.2, 0) is 4.79 Å². The van der Waals surface area contributed by atoms with Crippen molar-refractivity contribution in [3.05, 3.63) is 0 Å². The van der Waals surface area contributed by atoms with Gasteiger partial charge in [0.15, 0.2) is 0 Å². The van der Waals surface area contributed by atoms with Gasteiger partial charge >= 0.3 is 5.97 Å². The van der Waals surface area contributed by atoms with Crippen LogP contribution in [0.5, 0.6) is 0 Å². The van der Waals surface area contributed by atoms with E-state index in [9.17, 15) is 4.79 Å². The van der Waals surface area contributed by atoms with E-state index in [1.54, 1.807) is 0 Å². The summed E-state index contributed by atoms with van der Waals surface area (Å²) >= 11 is 0. The van der Waals surface area contributed by atoms with Crippen molar-refractivity contribution in [2.24, 2.45) is 17.1 Å². The number of hydrogen-bond acceptors (Lipinski definition) is 2. The summed E-state index contributed by atoms with van der Waals surface area (Å²) < 4.78 is 0. The maximum absolute atomic E-state index is 10.5. The van der Waals surface area contributed by atoms with Crippen LogP contribution in [-0.4, -0.2) is 17.1 Å². The zero-order chi connectivity index (χ0) is 8.06. The van der Waals surface area contributed by atoms with Crippen molar-refractivity contribution in [3.8, 4) is 0 Å². The number of carbonyl (C=O) groups is 1. The SMILES string of the molecule is N[C@@H]1CCC12CC(C(=O)O)C2. The van der Waals surface area contributed by atoms with Gasteiger partial charge in [-0.25, -0.2) is 0 Å². The van der Waals surface area contributed by atoms with Crippen LogP contribution in [0.25, 0.3) is 0 Å². The Kier molecular flexibility index (Phi) is 1.27. The molecule has 0 amide bonds. The van der Waals surface area contributed by atoms with Crippen molar-refractivity contribution < 1.29 is 9.90 Å². The van der Waals surface area contributed by atoms with Gasteiger partial charge in [0, 0.05) is 6.04 Å². The van der Waals surface area contributed by atoms with E-state index in [0.717, 1.165) is 25.7 Å². The lowest BCUT2D eigenvalue weighted by Gasteiger charge is -2.57. The van der Waals surface area contributed by atoms with E-state index < -0.39 is 5.97 Å². The molecule has 2 aliphatic rings. The van der Waals surface area contributed by atoms with E-state index in [2.05, 4.69) is 0 Å². The number of aliphatic carboxylic acids is 1. The molecular weight excluding hydrogens is 142 g/mol. The van der Waals surface area contributed by atoms with Gasteiger partial charge in [-0.05, 0) is 31.1 Å². The molecule has 1 spiro atoms. The molecule has 2 saturated carbocycles. The Hall–Kier alpha value is -0.570. The first-order valence-corrected chi connectivity index (χ1v) is 4.12. The number of hydrogen-bond donors (Lipinski definition) is 2. The summed E-state index contributed by atoms with van der Waals surface area (Å²) in [5, 5.41) is 8.63. The summed E-state index contributed by atoms with van der Waals surface area (Å²) in [6, 6.07) is 0.290. The van der Waals surface area contributed by atoms with E-state index in [4.69, 9.17) is 10.8 Å². The molecule has 3 nitrogen and oxygen atoms in total. The van der Waals surface area contributed by atoms with Gasteiger partial charge in [0.05, 0.1) is 5.92 Å². The van der Waals surface area contributed by atoms with Crippen LogP contribution in [0.1, 0.15) is 25.7 Å². The van der Waals surface area contributed by atoms with Crippen molar-refractivity contribution in [2.45, 2.75) is 31.7 Å². The molecule has 3 heteroatoms. The summed E-state index contributed by atoms with van der Waals surface area (Å²) in [5.74, 6) is -0.740. The largest absolute Gasteiger partial charge is 0.481 e. The van der Waals surface area contributed by atoms with Crippen molar-refractivity contribution in [1.82, 2.24) is 0 Å². The first-order chi connectivity index (χ1) is 5.14. The van der Waals surface area contributed by atoms with Crippen LogP contribution in [0.3, 0.4) is 0 Å². The topological polar surface area (TPSA) is 63.3 Å². The summed E-state index contributed by atoms with van der Waals surface area (Å²) in [6.45, 7) is 0. The molecule has 1 atom stereocenters. The molecule has 0 unspecified atom stereocenters. The average molecular weight is 155 g/mol. The zero-order valence-corrected chi connectivity index (χ0v) is 6.42. The maximum Gasteiger partial charge on any atom is 0.306 e. The Balaban J connectivity index is 1.92. The monoisotopic (exact) mass is 155 g/mol. The molecule has 0 radical (unpaired) electrons.